The molecule has 0 aliphatic rings. The number of rotatable bonds is 5. The molecule has 0 aliphatic heterocycles. The average molecular weight is 175 g/mol. The summed E-state index contributed by atoms with van der Waals surface area (Å²) in [6.07, 6.45) is 4.13. The van der Waals surface area contributed by atoms with Crippen LogP contribution in [0, 0.1) is 5.41 Å². The van der Waals surface area contributed by atoms with E-state index in [-0.39, 0.29) is 0 Å². The topological polar surface area (TPSA) is 12.0 Å². The molecule has 0 saturated heterocycles. The van der Waals surface area contributed by atoms with E-state index in [9.17, 15) is 0 Å². The molecule has 0 saturated carbocycles. The lowest BCUT2D eigenvalue weighted by Crippen LogP contribution is -2.10. The smallest absolute Gasteiger partial charge is 0.00149 e. The van der Waals surface area contributed by atoms with Gasteiger partial charge < -0.3 is 5.32 Å². The molecule has 2 heteroatoms. The lowest BCUT2D eigenvalue weighted by molar-refractivity contribution is 0.401. The van der Waals surface area contributed by atoms with E-state index in [1.54, 1.807) is 0 Å². The van der Waals surface area contributed by atoms with Gasteiger partial charge in [0, 0.05) is 0 Å². The molecule has 0 rings (SSSR count). The Morgan fingerprint density at radius 1 is 1.18 bits per heavy atom. The number of hydrogen-bond acceptors (Lipinski definition) is 1. The van der Waals surface area contributed by atoms with Crippen LogP contribution in [0.4, 0.5) is 0 Å². The summed E-state index contributed by atoms with van der Waals surface area (Å²) in [5.74, 6) is 0. The summed E-state index contributed by atoms with van der Waals surface area (Å²) >= 11 is 0. The van der Waals surface area contributed by atoms with Gasteiger partial charge in [0.25, 0.3) is 0 Å². The highest BCUT2D eigenvalue weighted by molar-refractivity contribution is 7.37. The van der Waals surface area contributed by atoms with Crippen molar-refractivity contribution in [2.45, 2.75) is 27.2 Å². The van der Waals surface area contributed by atoms with Crippen molar-refractivity contribution in [2.24, 2.45) is 5.41 Å². The third kappa shape index (κ3) is 10.4. The van der Waals surface area contributed by atoms with Crippen LogP contribution in [-0.2, 0) is 0 Å². The maximum Gasteiger partial charge on any atom is -0.00149 e. The lowest BCUT2D eigenvalue weighted by atomic mass is 9.94. The molecule has 1 N–H and O–H groups in total. The normalized spacial score (nSPS) is 13.1. The summed E-state index contributed by atoms with van der Waals surface area (Å²) in [5.41, 5.74) is 0.534. The van der Waals surface area contributed by atoms with E-state index in [2.05, 4.69) is 26.1 Å². The molecule has 0 aromatic carbocycles. The highest BCUT2D eigenvalue weighted by Gasteiger charge is 2.08. The van der Waals surface area contributed by atoms with Crippen LogP contribution in [-0.4, -0.2) is 25.9 Å². The van der Waals surface area contributed by atoms with Crippen molar-refractivity contribution < 1.29 is 0 Å². The van der Waals surface area contributed by atoms with Crippen LogP contribution in [0.25, 0.3) is 0 Å². The molecule has 1 unspecified atom stereocenters. The standard InChI is InChI=1S/C9H22NP/c1-9(2,3)5-7-11-8-6-10-4/h10-11H,5-8H2,1-4H3. The minimum Gasteiger partial charge on any atom is -0.319 e. The zero-order valence-corrected chi connectivity index (χ0v) is 9.33. The second-order valence-corrected chi connectivity index (χ2v) is 5.66. The molecule has 0 heterocycles. The molecule has 0 aromatic heterocycles. The first-order valence-electron chi connectivity index (χ1n) is 4.41. The minimum absolute atomic E-state index is 0.534. The van der Waals surface area contributed by atoms with Crippen LogP contribution in [0.1, 0.15) is 27.2 Å². The Balaban J connectivity index is 3.02. The summed E-state index contributed by atoms with van der Waals surface area (Å²) in [7, 11) is 3.17. The van der Waals surface area contributed by atoms with Crippen LogP contribution < -0.4 is 5.32 Å². The second-order valence-electron chi connectivity index (χ2n) is 4.16. The fourth-order valence-electron chi connectivity index (χ4n) is 0.802. The maximum absolute atomic E-state index is 3.17. The number of hydrogen-bond donors (Lipinski definition) is 1. The van der Waals surface area contributed by atoms with Crippen molar-refractivity contribution >= 4 is 8.58 Å². The minimum atomic E-state index is 0.534. The second kappa shape index (κ2) is 5.97. The summed E-state index contributed by atoms with van der Waals surface area (Å²) in [6, 6.07) is 0. The Kier molecular flexibility index (Phi) is 6.18. The zero-order valence-electron chi connectivity index (χ0n) is 8.33. The summed E-state index contributed by atoms with van der Waals surface area (Å²) in [4.78, 5) is 0. The van der Waals surface area contributed by atoms with Crippen LogP contribution in [0.5, 0.6) is 0 Å². The van der Waals surface area contributed by atoms with E-state index in [1.165, 1.54) is 25.3 Å². The van der Waals surface area contributed by atoms with Gasteiger partial charge in [0.1, 0.15) is 0 Å². The molecule has 1 atom stereocenters. The van der Waals surface area contributed by atoms with Gasteiger partial charge >= 0.3 is 0 Å². The van der Waals surface area contributed by atoms with Crippen LogP contribution in [0.2, 0.25) is 0 Å². The molecule has 0 bridgehead atoms. The van der Waals surface area contributed by atoms with E-state index in [0.717, 1.165) is 8.58 Å². The van der Waals surface area contributed by atoms with E-state index >= 15 is 0 Å². The summed E-state index contributed by atoms with van der Waals surface area (Å²) < 4.78 is 0. The van der Waals surface area contributed by atoms with Gasteiger partial charge in [-0.05, 0) is 37.8 Å². The Labute approximate surface area is 73.1 Å². The lowest BCUT2D eigenvalue weighted by Gasteiger charge is -2.17. The van der Waals surface area contributed by atoms with Crippen molar-refractivity contribution in [3.05, 3.63) is 0 Å². The van der Waals surface area contributed by atoms with Gasteiger partial charge in [-0.2, -0.15) is 0 Å². The maximum atomic E-state index is 3.17. The number of nitrogens with one attached hydrogen (secondary N) is 1. The average Bonchev–Trinajstić information content (AvgIpc) is 1.85. The molecule has 0 radical (unpaired) electrons. The molecule has 0 spiro atoms. The molecule has 0 fully saturated rings. The molecule has 0 aromatic rings. The monoisotopic (exact) mass is 175 g/mol. The van der Waals surface area contributed by atoms with E-state index in [1.807, 2.05) is 7.05 Å². The van der Waals surface area contributed by atoms with Crippen molar-refractivity contribution in [1.29, 1.82) is 0 Å². The van der Waals surface area contributed by atoms with Gasteiger partial charge in [-0.3, -0.25) is 0 Å². The fraction of sp³-hybridized carbons (Fsp3) is 1.00. The van der Waals surface area contributed by atoms with Crippen molar-refractivity contribution in [3.63, 3.8) is 0 Å². The Morgan fingerprint density at radius 2 is 1.82 bits per heavy atom. The Bertz CT molecular complexity index is 86.1. The van der Waals surface area contributed by atoms with Gasteiger partial charge in [0.05, 0.1) is 0 Å². The fourth-order valence-corrected chi connectivity index (χ4v) is 2.41. The Hall–Kier alpha value is 0.390. The van der Waals surface area contributed by atoms with Gasteiger partial charge in [-0.1, -0.05) is 20.8 Å². The molecular formula is C9H22NP. The van der Waals surface area contributed by atoms with E-state index in [0.29, 0.717) is 5.41 Å². The van der Waals surface area contributed by atoms with Gasteiger partial charge in [0.15, 0.2) is 0 Å². The quantitative estimate of drug-likeness (QED) is 0.499. The predicted octanol–water partition coefficient (Wildman–Crippen LogP) is 2.32. The third-order valence-corrected chi connectivity index (χ3v) is 2.81. The highest BCUT2D eigenvalue weighted by atomic mass is 31.1. The van der Waals surface area contributed by atoms with E-state index < -0.39 is 0 Å². The molecule has 68 valence electrons. The SMILES string of the molecule is CNCCPCCC(C)(C)C. The molecule has 0 aliphatic carbocycles. The predicted molar refractivity (Wildman–Crippen MR) is 56.0 cm³/mol. The van der Waals surface area contributed by atoms with Gasteiger partial charge in [-0.25, -0.2) is 0 Å². The van der Waals surface area contributed by atoms with Crippen LogP contribution in [0.3, 0.4) is 0 Å². The first kappa shape index (κ1) is 11.4. The summed E-state index contributed by atoms with van der Waals surface area (Å²) in [6.45, 7) is 8.13. The molecule has 0 amide bonds. The van der Waals surface area contributed by atoms with Crippen molar-refractivity contribution in [3.8, 4) is 0 Å². The Morgan fingerprint density at radius 3 is 2.27 bits per heavy atom. The molecule has 1 nitrogen and oxygen atoms in total. The first-order chi connectivity index (χ1) is 5.06. The van der Waals surface area contributed by atoms with Crippen LogP contribution >= 0.6 is 8.58 Å². The molecular weight excluding hydrogens is 153 g/mol. The summed E-state index contributed by atoms with van der Waals surface area (Å²) in [5, 5.41) is 3.17. The highest BCUT2D eigenvalue weighted by Crippen LogP contribution is 2.23. The van der Waals surface area contributed by atoms with Crippen LogP contribution in [0.15, 0.2) is 0 Å². The van der Waals surface area contributed by atoms with Crippen molar-refractivity contribution in [2.75, 3.05) is 25.9 Å². The van der Waals surface area contributed by atoms with Gasteiger partial charge in [0.2, 0.25) is 0 Å². The van der Waals surface area contributed by atoms with E-state index in [4.69, 9.17) is 0 Å². The molecule has 11 heavy (non-hydrogen) atoms. The largest absolute Gasteiger partial charge is 0.319 e. The van der Waals surface area contributed by atoms with Gasteiger partial charge in [-0.15, -0.1) is 8.58 Å². The first-order valence-corrected chi connectivity index (χ1v) is 5.83. The third-order valence-electron chi connectivity index (χ3n) is 1.60. The zero-order chi connectivity index (χ0) is 8.74. The van der Waals surface area contributed by atoms with Crippen molar-refractivity contribution in [1.82, 2.24) is 5.32 Å².